The molecule has 0 unspecified atom stereocenters. The Labute approximate surface area is 158 Å². The van der Waals surface area contributed by atoms with Crippen molar-refractivity contribution in [1.29, 1.82) is 0 Å². The first-order valence-electron chi connectivity index (χ1n) is 9.41. The SMILES string of the molecule is Cc1cc(F)ccc1Nc1cc(-c2ccccc2)nc(NC2CCCC2)n1. The van der Waals surface area contributed by atoms with Crippen LogP contribution >= 0.6 is 0 Å². The first kappa shape index (κ1) is 17.5. The van der Waals surface area contributed by atoms with E-state index >= 15 is 0 Å². The molecule has 4 nitrogen and oxygen atoms in total. The summed E-state index contributed by atoms with van der Waals surface area (Å²) in [7, 11) is 0. The lowest BCUT2D eigenvalue weighted by molar-refractivity contribution is 0.627. The third-order valence-electron chi connectivity index (χ3n) is 4.94. The standard InChI is InChI=1S/C22H23FN4/c1-15-13-17(23)11-12-19(15)25-21-14-20(16-7-3-2-4-8-16)26-22(27-21)24-18-9-5-6-10-18/h2-4,7-8,11-14,18H,5-6,9-10H2,1H3,(H2,24,25,26,27). The summed E-state index contributed by atoms with van der Waals surface area (Å²) in [4.78, 5) is 9.38. The lowest BCUT2D eigenvalue weighted by atomic mass is 10.1. The minimum atomic E-state index is -0.241. The van der Waals surface area contributed by atoms with Gasteiger partial charge in [-0.25, -0.2) is 9.37 Å². The molecule has 27 heavy (non-hydrogen) atoms. The number of aromatic nitrogens is 2. The molecular weight excluding hydrogens is 339 g/mol. The molecule has 2 N–H and O–H groups in total. The van der Waals surface area contributed by atoms with Crippen LogP contribution in [0.25, 0.3) is 11.3 Å². The van der Waals surface area contributed by atoms with E-state index in [9.17, 15) is 4.39 Å². The van der Waals surface area contributed by atoms with Crippen LogP contribution in [0.1, 0.15) is 31.2 Å². The van der Waals surface area contributed by atoms with Crippen LogP contribution in [0.15, 0.2) is 54.6 Å². The van der Waals surface area contributed by atoms with Gasteiger partial charge in [0.15, 0.2) is 0 Å². The minimum Gasteiger partial charge on any atom is -0.351 e. The number of hydrogen-bond acceptors (Lipinski definition) is 4. The summed E-state index contributed by atoms with van der Waals surface area (Å²) in [6.45, 7) is 1.88. The van der Waals surface area contributed by atoms with E-state index in [2.05, 4.69) is 15.6 Å². The number of anilines is 3. The van der Waals surface area contributed by atoms with Gasteiger partial charge in [-0.3, -0.25) is 0 Å². The number of hydrogen-bond donors (Lipinski definition) is 2. The van der Waals surface area contributed by atoms with Crippen LogP contribution < -0.4 is 10.6 Å². The van der Waals surface area contributed by atoms with Crippen molar-refractivity contribution in [3.05, 3.63) is 66.0 Å². The van der Waals surface area contributed by atoms with Gasteiger partial charge in [-0.15, -0.1) is 0 Å². The van der Waals surface area contributed by atoms with Crippen LogP contribution in [-0.4, -0.2) is 16.0 Å². The van der Waals surface area contributed by atoms with Crippen molar-refractivity contribution >= 4 is 17.5 Å². The fraction of sp³-hybridized carbons (Fsp3) is 0.273. The molecule has 0 radical (unpaired) electrons. The van der Waals surface area contributed by atoms with Gasteiger partial charge in [-0.1, -0.05) is 43.2 Å². The van der Waals surface area contributed by atoms with E-state index in [-0.39, 0.29) is 5.82 Å². The summed E-state index contributed by atoms with van der Waals surface area (Å²) in [5, 5.41) is 6.80. The summed E-state index contributed by atoms with van der Waals surface area (Å²) >= 11 is 0. The summed E-state index contributed by atoms with van der Waals surface area (Å²) < 4.78 is 13.4. The van der Waals surface area contributed by atoms with Gasteiger partial charge >= 0.3 is 0 Å². The maximum atomic E-state index is 13.4. The first-order valence-corrected chi connectivity index (χ1v) is 9.41. The lowest BCUT2D eigenvalue weighted by Crippen LogP contribution is -2.17. The van der Waals surface area contributed by atoms with Crippen LogP contribution in [-0.2, 0) is 0 Å². The van der Waals surface area contributed by atoms with Gasteiger partial charge in [0.1, 0.15) is 11.6 Å². The summed E-state index contributed by atoms with van der Waals surface area (Å²) in [6.07, 6.45) is 4.80. The summed E-state index contributed by atoms with van der Waals surface area (Å²) in [5.41, 5.74) is 3.56. The molecule has 1 aliphatic carbocycles. The number of aryl methyl sites for hydroxylation is 1. The molecule has 3 aromatic rings. The average molecular weight is 362 g/mol. The highest BCUT2D eigenvalue weighted by Gasteiger charge is 2.17. The Kier molecular flexibility index (Phi) is 5.01. The highest BCUT2D eigenvalue weighted by molar-refractivity contribution is 5.68. The molecule has 0 atom stereocenters. The van der Waals surface area contributed by atoms with Crippen molar-refractivity contribution in [3.8, 4) is 11.3 Å². The average Bonchev–Trinajstić information content (AvgIpc) is 3.18. The largest absolute Gasteiger partial charge is 0.351 e. The quantitative estimate of drug-likeness (QED) is 0.612. The van der Waals surface area contributed by atoms with Gasteiger partial charge in [0.05, 0.1) is 5.69 Å². The van der Waals surface area contributed by atoms with E-state index in [1.54, 1.807) is 6.07 Å². The van der Waals surface area contributed by atoms with Crippen molar-refractivity contribution < 1.29 is 4.39 Å². The van der Waals surface area contributed by atoms with Crippen LogP contribution in [0.5, 0.6) is 0 Å². The zero-order valence-electron chi connectivity index (χ0n) is 15.4. The van der Waals surface area contributed by atoms with Crippen LogP contribution in [0.3, 0.4) is 0 Å². The molecule has 0 aliphatic heterocycles. The van der Waals surface area contributed by atoms with Crippen molar-refractivity contribution in [1.82, 2.24) is 9.97 Å². The highest BCUT2D eigenvalue weighted by Crippen LogP contribution is 2.27. The Hall–Kier alpha value is -2.95. The molecule has 1 heterocycles. The summed E-state index contributed by atoms with van der Waals surface area (Å²) in [5.74, 6) is 1.08. The Bertz CT molecular complexity index is 921. The lowest BCUT2D eigenvalue weighted by Gasteiger charge is -2.15. The van der Waals surface area contributed by atoms with E-state index in [0.717, 1.165) is 35.3 Å². The smallest absolute Gasteiger partial charge is 0.225 e. The number of nitrogens with zero attached hydrogens (tertiary/aromatic N) is 2. The number of benzene rings is 2. The van der Waals surface area contributed by atoms with E-state index in [1.807, 2.05) is 43.3 Å². The van der Waals surface area contributed by atoms with Gasteiger partial charge < -0.3 is 10.6 Å². The Morgan fingerprint density at radius 2 is 1.74 bits per heavy atom. The molecule has 5 heteroatoms. The van der Waals surface area contributed by atoms with Crippen LogP contribution in [0, 0.1) is 12.7 Å². The zero-order valence-corrected chi connectivity index (χ0v) is 15.4. The van der Waals surface area contributed by atoms with Crippen molar-refractivity contribution in [2.45, 2.75) is 38.6 Å². The maximum Gasteiger partial charge on any atom is 0.225 e. The van der Waals surface area contributed by atoms with E-state index < -0.39 is 0 Å². The van der Waals surface area contributed by atoms with E-state index in [4.69, 9.17) is 4.98 Å². The Balaban J connectivity index is 1.68. The van der Waals surface area contributed by atoms with Gasteiger partial charge in [-0.2, -0.15) is 4.98 Å². The van der Waals surface area contributed by atoms with E-state index in [1.165, 1.54) is 25.0 Å². The third-order valence-corrected chi connectivity index (χ3v) is 4.94. The monoisotopic (exact) mass is 362 g/mol. The molecule has 1 saturated carbocycles. The fourth-order valence-corrected chi connectivity index (χ4v) is 3.49. The van der Waals surface area contributed by atoms with E-state index in [0.29, 0.717) is 17.8 Å². The fourth-order valence-electron chi connectivity index (χ4n) is 3.49. The molecule has 1 fully saturated rings. The van der Waals surface area contributed by atoms with Crippen molar-refractivity contribution in [2.24, 2.45) is 0 Å². The molecule has 4 rings (SSSR count). The van der Waals surface area contributed by atoms with Gasteiger partial charge in [0.25, 0.3) is 0 Å². The first-order chi connectivity index (χ1) is 13.2. The Morgan fingerprint density at radius 3 is 2.48 bits per heavy atom. The highest BCUT2D eigenvalue weighted by atomic mass is 19.1. The number of rotatable bonds is 5. The van der Waals surface area contributed by atoms with Gasteiger partial charge in [-0.05, 0) is 43.5 Å². The summed E-state index contributed by atoms with van der Waals surface area (Å²) in [6, 6.07) is 17.1. The predicted molar refractivity (Wildman–Crippen MR) is 108 cm³/mol. The molecule has 0 spiro atoms. The molecule has 1 aliphatic rings. The molecule has 2 aromatic carbocycles. The van der Waals surface area contributed by atoms with Crippen molar-refractivity contribution in [3.63, 3.8) is 0 Å². The van der Waals surface area contributed by atoms with Gasteiger partial charge in [0.2, 0.25) is 5.95 Å². The second kappa shape index (κ2) is 7.74. The second-order valence-electron chi connectivity index (χ2n) is 7.04. The maximum absolute atomic E-state index is 13.4. The van der Waals surface area contributed by atoms with Crippen LogP contribution in [0.2, 0.25) is 0 Å². The predicted octanol–water partition coefficient (Wildman–Crippen LogP) is 5.69. The molecule has 138 valence electrons. The second-order valence-corrected chi connectivity index (χ2v) is 7.04. The van der Waals surface area contributed by atoms with Crippen molar-refractivity contribution in [2.75, 3.05) is 10.6 Å². The molecule has 0 bridgehead atoms. The molecule has 1 aromatic heterocycles. The van der Waals surface area contributed by atoms with Gasteiger partial charge in [0, 0.05) is 23.4 Å². The normalized spacial score (nSPS) is 14.3. The molecule has 0 amide bonds. The molecule has 0 saturated heterocycles. The molecular formula is C22H23FN4. The Morgan fingerprint density at radius 1 is 0.963 bits per heavy atom. The third kappa shape index (κ3) is 4.25. The topological polar surface area (TPSA) is 49.8 Å². The zero-order chi connectivity index (χ0) is 18.6. The number of nitrogens with one attached hydrogen (secondary N) is 2. The minimum absolute atomic E-state index is 0.241. The number of halogens is 1. The van der Waals surface area contributed by atoms with Crippen LogP contribution in [0.4, 0.5) is 21.8 Å².